The molecule has 0 spiro atoms. The van der Waals surface area contributed by atoms with Crippen LogP contribution in [0.5, 0.6) is 0 Å². The number of rotatable bonds is 2. The molecule has 2 aromatic rings. The lowest BCUT2D eigenvalue weighted by Crippen LogP contribution is -2.16. The van der Waals surface area contributed by atoms with Crippen LogP contribution in [0.2, 0.25) is 0 Å². The van der Waals surface area contributed by atoms with Crippen molar-refractivity contribution in [2.45, 2.75) is 13.5 Å². The molecule has 1 heterocycles. The lowest BCUT2D eigenvalue weighted by Gasteiger charge is -2.03. The third-order valence-corrected chi connectivity index (χ3v) is 2.32. The van der Waals surface area contributed by atoms with Crippen LogP contribution in [0.3, 0.4) is 0 Å². The summed E-state index contributed by atoms with van der Waals surface area (Å²) in [7, 11) is 0. The van der Waals surface area contributed by atoms with Crippen LogP contribution in [0, 0.1) is 6.07 Å². The van der Waals surface area contributed by atoms with Crippen LogP contribution in [0.1, 0.15) is 17.4 Å². The van der Waals surface area contributed by atoms with Gasteiger partial charge in [-0.05, 0) is 25.1 Å². The standard InChI is InChI=1S/C11H11N2O/c1-2-13-9-6-4-3-5-8(9)7-10(13)11(12)14/h3,5-7H,2H2,1H3,(H2,12,14). The molecule has 0 saturated carbocycles. The Morgan fingerprint density at radius 2 is 2.43 bits per heavy atom. The number of nitrogens with two attached hydrogens (primary N) is 1. The number of aromatic nitrogens is 1. The zero-order valence-corrected chi connectivity index (χ0v) is 7.95. The maximum atomic E-state index is 11.1. The molecular formula is C11H11N2O. The molecule has 0 aliphatic rings. The van der Waals surface area contributed by atoms with E-state index in [-0.39, 0.29) is 5.91 Å². The molecule has 0 aliphatic heterocycles. The van der Waals surface area contributed by atoms with Gasteiger partial charge in [0.05, 0.1) is 0 Å². The molecule has 0 unspecified atom stereocenters. The number of amides is 1. The Hall–Kier alpha value is -1.77. The van der Waals surface area contributed by atoms with Crippen molar-refractivity contribution < 1.29 is 4.79 Å². The van der Waals surface area contributed by atoms with E-state index in [1.165, 1.54) is 0 Å². The number of aryl methyl sites for hydroxylation is 1. The molecule has 3 nitrogen and oxygen atoms in total. The maximum Gasteiger partial charge on any atom is 0.265 e. The third-order valence-electron chi connectivity index (χ3n) is 2.32. The SMILES string of the molecule is CCn1c(C(N)=O)cc2cc[c]cc21. The highest BCUT2D eigenvalue weighted by Crippen LogP contribution is 2.18. The molecule has 0 atom stereocenters. The fourth-order valence-corrected chi connectivity index (χ4v) is 1.69. The van der Waals surface area contributed by atoms with Gasteiger partial charge in [0, 0.05) is 17.4 Å². The van der Waals surface area contributed by atoms with Crippen LogP contribution in [0.25, 0.3) is 10.9 Å². The van der Waals surface area contributed by atoms with E-state index in [4.69, 9.17) is 5.73 Å². The second kappa shape index (κ2) is 3.18. The van der Waals surface area contributed by atoms with Crippen molar-refractivity contribution >= 4 is 16.8 Å². The summed E-state index contributed by atoms with van der Waals surface area (Å²) < 4.78 is 1.90. The molecule has 0 bridgehead atoms. The normalized spacial score (nSPS) is 10.6. The van der Waals surface area contributed by atoms with Gasteiger partial charge in [-0.15, -0.1) is 0 Å². The van der Waals surface area contributed by atoms with Crippen LogP contribution in [-0.4, -0.2) is 10.5 Å². The van der Waals surface area contributed by atoms with Crippen molar-refractivity contribution in [3.63, 3.8) is 0 Å². The first-order valence-electron chi connectivity index (χ1n) is 4.53. The first-order chi connectivity index (χ1) is 6.74. The van der Waals surface area contributed by atoms with Gasteiger partial charge in [0.1, 0.15) is 5.69 Å². The summed E-state index contributed by atoms with van der Waals surface area (Å²) in [5, 5.41) is 1.03. The zero-order chi connectivity index (χ0) is 10.1. The Balaban J connectivity index is 2.78. The second-order valence-electron chi connectivity index (χ2n) is 3.12. The predicted octanol–water partition coefficient (Wildman–Crippen LogP) is 1.56. The molecule has 1 aromatic heterocycles. The summed E-state index contributed by atoms with van der Waals surface area (Å²) in [6.45, 7) is 2.72. The number of hydrogen-bond acceptors (Lipinski definition) is 1. The zero-order valence-electron chi connectivity index (χ0n) is 7.95. The largest absolute Gasteiger partial charge is 0.364 e. The average molecular weight is 187 g/mol. The lowest BCUT2D eigenvalue weighted by atomic mass is 10.2. The maximum absolute atomic E-state index is 11.1. The van der Waals surface area contributed by atoms with Gasteiger partial charge in [-0.25, -0.2) is 0 Å². The smallest absolute Gasteiger partial charge is 0.265 e. The van der Waals surface area contributed by atoms with Gasteiger partial charge in [-0.1, -0.05) is 12.1 Å². The number of carbonyl (C=O) groups is 1. The molecule has 2 rings (SSSR count). The third kappa shape index (κ3) is 1.18. The summed E-state index contributed by atoms with van der Waals surface area (Å²) in [6.07, 6.45) is 0. The van der Waals surface area contributed by atoms with E-state index in [0.717, 1.165) is 17.4 Å². The molecule has 1 aromatic carbocycles. The van der Waals surface area contributed by atoms with Crippen molar-refractivity contribution in [1.82, 2.24) is 4.57 Å². The lowest BCUT2D eigenvalue weighted by molar-refractivity contribution is 0.0992. The van der Waals surface area contributed by atoms with Crippen molar-refractivity contribution in [3.8, 4) is 0 Å². The minimum atomic E-state index is -0.386. The first kappa shape index (κ1) is 8.81. The molecule has 0 aliphatic carbocycles. The number of hydrogen-bond donors (Lipinski definition) is 1. The van der Waals surface area contributed by atoms with Gasteiger partial charge in [-0.3, -0.25) is 4.79 Å². The van der Waals surface area contributed by atoms with Gasteiger partial charge in [-0.2, -0.15) is 0 Å². The molecule has 1 amide bonds. The van der Waals surface area contributed by atoms with Gasteiger partial charge in [0.15, 0.2) is 0 Å². The highest BCUT2D eigenvalue weighted by atomic mass is 16.1. The Morgan fingerprint density at radius 3 is 3.07 bits per heavy atom. The monoisotopic (exact) mass is 187 g/mol. The number of fused-ring (bicyclic) bond motifs is 1. The quantitative estimate of drug-likeness (QED) is 0.762. The number of primary amides is 1. The van der Waals surface area contributed by atoms with E-state index in [0.29, 0.717) is 5.69 Å². The Morgan fingerprint density at radius 1 is 1.64 bits per heavy atom. The molecular weight excluding hydrogens is 176 g/mol. The summed E-state index contributed by atoms with van der Waals surface area (Å²) >= 11 is 0. The predicted molar refractivity (Wildman–Crippen MR) is 55.0 cm³/mol. The molecule has 2 N–H and O–H groups in total. The fourth-order valence-electron chi connectivity index (χ4n) is 1.69. The number of benzene rings is 1. The van der Waals surface area contributed by atoms with E-state index >= 15 is 0 Å². The molecule has 0 saturated heterocycles. The number of carbonyl (C=O) groups excluding carboxylic acids is 1. The highest BCUT2D eigenvalue weighted by molar-refractivity contribution is 5.97. The second-order valence-corrected chi connectivity index (χ2v) is 3.12. The van der Waals surface area contributed by atoms with Crippen molar-refractivity contribution in [3.05, 3.63) is 36.0 Å². The summed E-state index contributed by atoms with van der Waals surface area (Å²) in [5.74, 6) is -0.386. The summed E-state index contributed by atoms with van der Waals surface area (Å²) in [4.78, 5) is 11.1. The highest BCUT2D eigenvalue weighted by Gasteiger charge is 2.10. The molecule has 14 heavy (non-hydrogen) atoms. The van der Waals surface area contributed by atoms with Crippen molar-refractivity contribution in [1.29, 1.82) is 0 Å². The van der Waals surface area contributed by atoms with Gasteiger partial charge < -0.3 is 10.3 Å². The minimum absolute atomic E-state index is 0.386. The summed E-state index contributed by atoms with van der Waals surface area (Å²) in [6, 6.07) is 10.4. The minimum Gasteiger partial charge on any atom is -0.364 e. The van der Waals surface area contributed by atoms with Crippen LogP contribution in [-0.2, 0) is 6.54 Å². The Labute approximate surface area is 82.1 Å². The molecule has 71 valence electrons. The fraction of sp³-hybridized carbons (Fsp3) is 0.182. The number of nitrogens with zero attached hydrogens (tertiary/aromatic N) is 1. The van der Waals surface area contributed by atoms with E-state index in [1.54, 1.807) is 0 Å². The van der Waals surface area contributed by atoms with Crippen LogP contribution >= 0.6 is 0 Å². The summed E-state index contributed by atoms with van der Waals surface area (Å²) in [5.41, 5.74) is 6.85. The Bertz CT molecular complexity index is 485. The molecule has 3 heteroatoms. The van der Waals surface area contributed by atoms with Crippen LogP contribution in [0.15, 0.2) is 24.3 Å². The Kier molecular flexibility index (Phi) is 2.00. The first-order valence-corrected chi connectivity index (χ1v) is 4.53. The van der Waals surface area contributed by atoms with Gasteiger partial charge in [0.25, 0.3) is 5.91 Å². The van der Waals surface area contributed by atoms with E-state index < -0.39 is 0 Å². The van der Waals surface area contributed by atoms with Gasteiger partial charge in [0.2, 0.25) is 0 Å². The van der Waals surface area contributed by atoms with E-state index in [2.05, 4.69) is 6.07 Å². The topological polar surface area (TPSA) is 48.0 Å². The van der Waals surface area contributed by atoms with E-state index in [1.807, 2.05) is 35.8 Å². The van der Waals surface area contributed by atoms with Crippen molar-refractivity contribution in [2.24, 2.45) is 5.73 Å². The molecule has 1 radical (unpaired) electrons. The van der Waals surface area contributed by atoms with Gasteiger partial charge >= 0.3 is 0 Å². The van der Waals surface area contributed by atoms with Crippen LogP contribution < -0.4 is 5.73 Å². The molecule has 0 fully saturated rings. The van der Waals surface area contributed by atoms with Crippen LogP contribution in [0.4, 0.5) is 0 Å². The average Bonchev–Trinajstić information content (AvgIpc) is 2.56. The van der Waals surface area contributed by atoms with E-state index in [9.17, 15) is 4.79 Å². The van der Waals surface area contributed by atoms with Crippen molar-refractivity contribution in [2.75, 3.05) is 0 Å².